The molecule has 0 radical (unpaired) electrons. The van der Waals surface area contributed by atoms with Crippen molar-refractivity contribution >= 4 is 11.6 Å². The number of benzene rings is 1. The normalized spacial score (nSPS) is 24.2. The summed E-state index contributed by atoms with van der Waals surface area (Å²) in [7, 11) is 1.65. The average molecular weight is 256 g/mol. The van der Waals surface area contributed by atoms with E-state index in [1.807, 2.05) is 0 Å². The summed E-state index contributed by atoms with van der Waals surface area (Å²) in [5.74, 6) is -2.30. The van der Waals surface area contributed by atoms with Crippen molar-refractivity contribution in [3.8, 4) is 0 Å². The van der Waals surface area contributed by atoms with Crippen LogP contribution in [0.2, 0.25) is 0 Å². The van der Waals surface area contributed by atoms with Crippen LogP contribution in [0.4, 0.5) is 14.5 Å². The van der Waals surface area contributed by atoms with Crippen molar-refractivity contribution in [3.63, 3.8) is 0 Å². The number of halogens is 2. The van der Waals surface area contributed by atoms with Gasteiger partial charge < -0.3 is 10.4 Å². The first-order valence-electron chi connectivity index (χ1n) is 5.65. The van der Waals surface area contributed by atoms with Crippen molar-refractivity contribution in [2.24, 2.45) is 0 Å². The highest BCUT2D eigenvalue weighted by molar-refractivity contribution is 5.95. The lowest BCUT2D eigenvalue weighted by molar-refractivity contribution is -0.121. The van der Waals surface area contributed by atoms with E-state index in [1.54, 1.807) is 11.9 Å². The van der Waals surface area contributed by atoms with E-state index in [1.165, 1.54) is 6.07 Å². The van der Waals surface area contributed by atoms with Crippen molar-refractivity contribution in [1.29, 1.82) is 0 Å². The first-order valence-corrected chi connectivity index (χ1v) is 5.65. The lowest BCUT2D eigenvalue weighted by atomic mass is 10.2. The van der Waals surface area contributed by atoms with Crippen LogP contribution in [0.3, 0.4) is 0 Å². The summed E-state index contributed by atoms with van der Waals surface area (Å²) in [5, 5.41) is 12.0. The number of carbonyl (C=O) groups excluding carboxylic acids is 1. The fourth-order valence-corrected chi connectivity index (χ4v) is 2.04. The van der Waals surface area contributed by atoms with Crippen LogP contribution in [0.5, 0.6) is 0 Å². The summed E-state index contributed by atoms with van der Waals surface area (Å²) in [6, 6.07) is 2.73. The number of nitrogens with zero attached hydrogens (tertiary/aromatic N) is 1. The zero-order chi connectivity index (χ0) is 13.3. The van der Waals surface area contributed by atoms with Crippen LogP contribution in [-0.4, -0.2) is 35.2 Å². The van der Waals surface area contributed by atoms with Crippen molar-refractivity contribution < 1.29 is 18.7 Å². The Morgan fingerprint density at radius 3 is 2.67 bits per heavy atom. The van der Waals surface area contributed by atoms with Gasteiger partial charge in [-0.05, 0) is 32.0 Å². The van der Waals surface area contributed by atoms with Gasteiger partial charge in [0.05, 0.1) is 6.04 Å². The van der Waals surface area contributed by atoms with Gasteiger partial charge in [0.15, 0.2) is 11.6 Å². The number of amides is 1. The van der Waals surface area contributed by atoms with Crippen LogP contribution < -0.4 is 5.32 Å². The standard InChI is InChI=1S/C12H14F2N2O2/c1-16-10(4-5-11(16)17)12(18)15-7-2-3-8(13)9(14)6-7/h2-3,6,10-11,17H,4-5H2,1H3,(H,15,18). The van der Waals surface area contributed by atoms with Crippen LogP contribution in [0.1, 0.15) is 12.8 Å². The SMILES string of the molecule is CN1C(O)CCC1C(=O)Nc1ccc(F)c(F)c1. The molecule has 1 saturated heterocycles. The van der Waals surface area contributed by atoms with Gasteiger partial charge in [-0.25, -0.2) is 8.78 Å². The van der Waals surface area contributed by atoms with Crippen LogP contribution >= 0.6 is 0 Å². The van der Waals surface area contributed by atoms with Crippen LogP contribution in [0.15, 0.2) is 18.2 Å². The van der Waals surface area contributed by atoms with Gasteiger partial charge in [-0.1, -0.05) is 0 Å². The van der Waals surface area contributed by atoms with E-state index in [9.17, 15) is 18.7 Å². The topological polar surface area (TPSA) is 52.6 Å². The van der Waals surface area contributed by atoms with E-state index in [2.05, 4.69) is 5.32 Å². The summed E-state index contributed by atoms with van der Waals surface area (Å²) >= 11 is 0. The zero-order valence-electron chi connectivity index (χ0n) is 9.86. The second-order valence-electron chi connectivity index (χ2n) is 4.36. The molecule has 1 heterocycles. The Balaban J connectivity index is 2.05. The Morgan fingerprint density at radius 1 is 1.39 bits per heavy atom. The first-order chi connectivity index (χ1) is 8.49. The molecule has 2 N–H and O–H groups in total. The molecular weight excluding hydrogens is 242 g/mol. The Morgan fingerprint density at radius 2 is 2.11 bits per heavy atom. The van der Waals surface area contributed by atoms with E-state index in [-0.39, 0.29) is 11.6 Å². The van der Waals surface area contributed by atoms with Gasteiger partial charge in [0.25, 0.3) is 0 Å². The third kappa shape index (κ3) is 2.49. The molecule has 1 fully saturated rings. The molecular formula is C12H14F2N2O2. The predicted molar refractivity (Wildman–Crippen MR) is 61.8 cm³/mol. The van der Waals surface area contributed by atoms with E-state index in [0.717, 1.165) is 12.1 Å². The molecule has 0 spiro atoms. The fourth-order valence-electron chi connectivity index (χ4n) is 2.04. The van der Waals surface area contributed by atoms with Crippen molar-refractivity contribution in [2.45, 2.75) is 25.1 Å². The molecule has 1 aromatic rings. The van der Waals surface area contributed by atoms with Crippen molar-refractivity contribution in [3.05, 3.63) is 29.8 Å². The zero-order valence-corrected chi connectivity index (χ0v) is 9.86. The number of rotatable bonds is 2. The molecule has 0 aliphatic carbocycles. The van der Waals surface area contributed by atoms with Crippen LogP contribution in [0.25, 0.3) is 0 Å². The van der Waals surface area contributed by atoms with Gasteiger partial charge in [0.1, 0.15) is 6.23 Å². The summed E-state index contributed by atoms with van der Waals surface area (Å²) in [4.78, 5) is 13.4. The monoisotopic (exact) mass is 256 g/mol. The highest BCUT2D eigenvalue weighted by Crippen LogP contribution is 2.22. The molecule has 1 aliphatic rings. The van der Waals surface area contributed by atoms with E-state index in [4.69, 9.17) is 0 Å². The summed E-state index contributed by atoms with van der Waals surface area (Å²) < 4.78 is 25.7. The third-order valence-corrected chi connectivity index (χ3v) is 3.15. The molecule has 4 nitrogen and oxygen atoms in total. The van der Waals surface area contributed by atoms with Gasteiger partial charge in [-0.15, -0.1) is 0 Å². The number of hydrogen-bond acceptors (Lipinski definition) is 3. The summed E-state index contributed by atoms with van der Waals surface area (Å²) in [6.45, 7) is 0. The lowest BCUT2D eigenvalue weighted by Crippen LogP contribution is -2.40. The molecule has 2 rings (SSSR count). The minimum Gasteiger partial charge on any atom is -0.378 e. The van der Waals surface area contributed by atoms with E-state index < -0.39 is 23.9 Å². The smallest absolute Gasteiger partial charge is 0.241 e. The Bertz CT molecular complexity index is 467. The summed E-state index contributed by atoms with van der Waals surface area (Å²) in [6.07, 6.45) is 0.421. The van der Waals surface area contributed by atoms with Gasteiger partial charge in [-0.2, -0.15) is 0 Å². The number of likely N-dealkylation sites (N-methyl/N-ethyl adjacent to an activating group) is 1. The number of anilines is 1. The molecule has 6 heteroatoms. The van der Waals surface area contributed by atoms with Gasteiger partial charge in [-0.3, -0.25) is 9.69 Å². The first kappa shape index (κ1) is 12.9. The molecule has 1 aliphatic heterocycles. The van der Waals surface area contributed by atoms with E-state index in [0.29, 0.717) is 12.8 Å². The minimum atomic E-state index is -1.01. The highest BCUT2D eigenvalue weighted by atomic mass is 19.2. The third-order valence-electron chi connectivity index (χ3n) is 3.15. The Labute approximate surface area is 103 Å². The van der Waals surface area contributed by atoms with Crippen LogP contribution in [-0.2, 0) is 4.79 Å². The number of hydrogen-bond donors (Lipinski definition) is 2. The molecule has 0 bridgehead atoms. The molecule has 1 aromatic carbocycles. The van der Waals surface area contributed by atoms with Crippen LogP contribution in [0, 0.1) is 11.6 Å². The number of nitrogens with one attached hydrogen (secondary N) is 1. The molecule has 1 amide bonds. The largest absolute Gasteiger partial charge is 0.378 e. The maximum Gasteiger partial charge on any atom is 0.241 e. The second kappa shape index (κ2) is 4.99. The summed E-state index contributed by atoms with van der Waals surface area (Å²) in [5.41, 5.74) is 0.202. The van der Waals surface area contributed by atoms with Gasteiger partial charge >= 0.3 is 0 Å². The molecule has 0 aromatic heterocycles. The number of aliphatic hydroxyl groups excluding tert-OH is 1. The molecule has 18 heavy (non-hydrogen) atoms. The maximum atomic E-state index is 13.0. The molecule has 0 saturated carbocycles. The number of likely N-dealkylation sites (tertiary alicyclic amines) is 1. The Kier molecular flexibility index (Phi) is 3.58. The van der Waals surface area contributed by atoms with Gasteiger partial charge in [0, 0.05) is 11.8 Å². The lowest BCUT2D eigenvalue weighted by Gasteiger charge is -2.21. The molecule has 98 valence electrons. The maximum absolute atomic E-state index is 13.0. The van der Waals surface area contributed by atoms with Gasteiger partial charge in [0.2, 0.25) is 5.91 Å². The quantitative estimate of drug-likeness (QED) is 0.839. The van der Waals surface area contributed by atoms with Crippen molar-refractivity contribution in [2.75, 3.05) is 12.4 Å². The molecule has 2 unspecified atom stereocenters. The molecule has 2 atom stereocenters. The Hall–Kier alpha value is -1.53. The number of aliphatic hydroxyl groups is 1. The van der Waals surface area contributed by atoms with Crippen molar-refractivity contribution in [1.82, 2.24) is 4.90 Å². The van der Waals surface area contributed by atoms with E-state index >= 15 is 0 Å². The predicted octanol–water partition coefficient (Wildman–Crippen LogP) is 1.32. The minimum absolute atomic E-state index is 0.202. The number of carbonyl (C=O) groups is 1. The second-order valence-corrected chi connectivity index (χ2v) is 4.36. The highest BCUT2D eigenvalue weighted by Gasteiger charge is 2.33. The average Bonchev–Trinajstić information content (AvgIpc) is 2.65. The fraction of sp³-hybridized carbons (Fsp3) is 0.417.